The molecular weight excluding hydrogens is 525 g/mol. The van der Waals surface area contributed by atoms with Crippen LogP contribution < -0.4 is 5.32 Å². The zero-order chi connectivity index (χ0) is 25.7. The second-order valence-electron chi connectivity index (χ2n) is 9.37. The van der Waals surface area contributed by atoms with E-state index in [0.29, 0.717) is 16.7 Å². The van der Waals surface area contributed by atoms with Crippen molar-refractivity contribution in [1.82, 2.24) is 24.4 Å². The summed E-state index contributed by atoms with van der Waals surface area (Å²) in [5, 5.41) is 11.1. The number of hydrogen-bond donors (Lipinski definition) is 1. The zero-order valence-corrected chi connectivity index (χ0v) is 21.4. The van der Waals surface area contributed by atoms with Crippen LogP contribution in [0.5, 0.6) is 0 Å². The van der Waals surface area contributed by atoms with Crippen molar-refractivity contribution >= 4 is 33.2 Å². The van der Waals surface area contributed by atoms with Crippen molar-refractivity contribution in [2.24, 2.45) is 0 Å². The minimum absolute atomic E-state index is 0.0428. The highest BCUT2D eigenvalue weighted by molar-refractivity contribution is 9.10. The van der Waals surface area contributed by atoms with Crippen molar-refractivity contribution in [2.45, 2.75) is 52.8 Å². The van der Waals surface area contributed by atoms with Gasteiger partial charge in [-0.2, -0.15) is 23.4 Å². The van der Waals surface area contributed by atoms with Crippen molar-refractivity contribution in [3.05, 3.63) is 74.9 Å². The highest BCUT2D eigenvalue weighted by atomic mass is 79.9. The Morgan fingerprint density at radius 2 is 1.80 bits per heavy atom. The summed E-state index contributed by atoms with van der Waals surface area (Å²) in [5.74, 6) is -0.632. The van der Waals surface area contributed by atoms with Crippen LogP contribution in [0.4, 0.5) is 18.9 Å². The molecule has 0 saturated carbocycles. The van der Waals surface area contributed by atoms with E-state index >= 15 is 0 Å². The fraction of sp³-hybridized carbons (Fsp3) is 0.333. The molecule has 4 aromatic rings. The highest BCUT2D eigenvalue weighted by Crippen LogP contribution is 2.32. The van der Waals surface area contributed by atoms with E-state index in [9.17, 15) is 18.0 Å². The number of amides is 1. The van der Waals surface area contributed by atoms with Crippen molar-refractivity contribution in [1.29, 1.82) is 0 Å². The maximum atomic E-state index is 13.7. The third kappa shape index (κ3) is 5.09. The van der Waals surface area contributed by atoms with Crippen LogP contribution in [0.15, 0.2) is 40.9 Å². The maximum absolute atomic E-state index is 13.7. The van der Waals surface area contributed by atoms with Crippen LogP contribution in [-0.2, 0) is 18.1 Å². The number of nitrogens with one attached hydrogen (secondary N) is 1. The van der Waals surface area contributed by atoms with E-state index in [2.05, 4.69) is 36.4 Å². The summed E-state index contributed by atoms with van der Waals surface area (Å²) in [6, 6.07) is 9.41. The lowest BCUT2D eigenvalue weighted by molar-refractivity contribution is -0.142. The summed E-state index contributed by atoms with van der Waals surface area (Å²) in [5.41, 5.74) is 1.69. The van der Waals surface area contributed by atoms with E-state index in [1.807, 2.05) is 24.6 Å². The van der Waals surface area contributed by atoms with E-state index in [1.54, 1.807) is 39.0 Å². The molecule has 11 heteroatoms. The first kappa shape index (κ1) is 24.9. The van der Waals surface area contributed by atoms with Gasteiger partial charge < -0.3 is 5.32 Å². The molecular formula is C24H24BrF3N6O. The molecule has 0 aliphatic carbocycles. The molecule has 0 bridgehead atoms. The fourth-order valence-corrected chi connectivity index (χ4v) is 3.90. The number of rotatable bonds is 4. The Kier molecular flexibility index (Phi) is 6.25. The predicted molar refractivity (Wildman–Crippen MR) is 130 cm³/mol. The molecule has 0 atom stereocenters. The van der Waals surface area contributed by atoms with Gasteiger partial charge in [-0.1, -0.05) is 32.9 Å². The Bertz CT molecular complexity index is 1430. The molecule has 184 valence electrons. The summed E-state index contributed by atoms with van der Waals surface area (Å²) in [6.45, 7) is 9.66. The number of alkyl halides is 3. The van der Waals surface area contributed by atoms with Gasteiger partial charge in [0.05, 0.1) is 28.1 Å². The Balaban J connectivity index is 1.63. The second-order valence-corrected chi connectivity index (χ2v) is 10.2. The van der Waals surface area contributed by atoms with Gasteiger partial charge in [0, 0.05) is 17.2 Å². The largest absolute Gasteiger partial charge is 0.433 e. The lowest BCUT2D eigenvalue weighted by atomic mass is 9.91. The Morgan fingerprint density at radius 3 is 2.40 bits per heavy atom. The first-order valence-electron chi connectivity index (χ1n) is 10.8. The fourth-order valence-electron chi connectivity index (χ4n) is 3.62. The quantitative estimate of drug-likeness (QED) is 0.343. The molecule has 7 nitrogen and oxygen atoms in total. The van der Waals surface area contributed by atoms with Crippen LogP contribution in [-0.4, -0.2) is 30.3 Å². The van der Waals surface area contributed by atoms with Crippen LogP contribution in [0.1, 0.15) is 59.6 Å². The normalized spacial score (nSPS) is 12.4. The Labute approximate surface area is 208 Å². The molecule has 0 saturated heterocycles. The standard InChI is InChI=1S/C24H24BrF3N6O/c1-13-21(25)14(2)33(31-13)12-15-7-6-8-16(9-15)29-22(35)17-10-20-30-18(23(3,4)5)11-19(24(26,27)28)34(20)32-17/h6-11H,12H2,1-5H3,(H,29,35). The van der Waals surface area contributed by atoms with Gasteiger partial charge >= 0.3 is 6.18 Å². The average Bonchev–Trinajstić information content (AvgIpc) is 3.29. The number of hydrogen-bond acceptors (Lipinski definition) is 4. The van der Waals surface area contributed by atoms with Gasteiger partial charge in [0.1, 0.15) is 5.69 Å². The summed E-state index contributed by atoms with van der Waals surface area (Å²) in [6.07, 6.45) is -4.66. The minimum Gasteiger partial charge on any atom is -0.321 e. The number of carbonyl (C=O) groups is 1. The lowest BCUT2D eigenvalue weighted by Crippen LogP contribution is -2.20. The molecule has 0 unspecified atom stereocenters. The van der Waals surface area contributed by atoms with Crippen molar-refractivity contribution in [3.63, 3.8) is 0 Å². The maximum Gasteiger partial charge on any atom is 0.433 e. The average molecular weight is 549 g/mol. The Morgan fingerprint density at radius 1 is 1.09 bits per heavy atom. The summed E-state index contributed by atoms with van der Waals surface area (Å²) in [7, 11) is 0. The topological polar surface area (TPSA) is 77.1 Å². The van der Waals surface area contributed by atoms with E-state index in [0.717, 1.165) is 27.5 Å². The lowest BCUT2D eigenvalue weighted by Gasteiger charge is -2.19. The number of nitrogens with zero attached hydrogens (tertiary/aromatic N) is 5. The molecule has 1 aromatic carbocycles. The van der Waals surface area contributed by atoms with Crippen molar-refractivity contribution in [2.75, 3.05) is 5.32 Å². The van der Waals surface area contributed by atoms with Gasteiger partial charge in [0.25, 0.3) is 5.91 Å². The first-order valence-corrected chi connectivity index (χ1v) is 11.6. The highest BCUT2D eigenvalue weighted by Gasteiger charge is 2.36. The molecule has 0 aliphatic heterocycles. The molecule has 0 aliphatic rings. The van der Waals surface area contributed by atoms with Gasteiger partial charge in [-0.3, -0.25) is 9.48 Å². The molecule has 0 spiro atoms. The summed E-state index contributed by atoms with van der Waals surface area (Å²) in [4.78, 5) is 17.2. The van der Waals surface area contributed by atoms with E-state index in [4.69, 9.17) is 0 Å². The number of aryl methyl sites for hydroxylation is 1. The smallest absolute Gasteiger partial charge is 0.321 e. The number of anilines is 1. The monoisotopic (exact) mass is 548 g/mol. The van der Waals surface area contributed by atoms with Gasteiger partial charge in [0.15, 0.2) is 11.3 Å². The van der Waals surface area contributed by atoms with Crippen LogP contribution in [0.3, 0.4) is 0 Å². The molecule has 3 aromatic heterocycles. The molecule has 0 radical (unpaired) electrons. The summed E-state index contributed by atoms with van der Waals surface area (Å²) < 4.78 is 44.6. The summed E-state index contributed by atoms with van der Waals surface area (Å²) >= 11 is 3.51. The van der Waals surface area contributed by atoms with Crippen molar-refractivity contribution in [3.8, 4) is 0 Å². The number of benzene rings is 1. The van der Waals surface area contributed by atoms with Gasteiger partial charge in [0.2, 0.25) is 0 Å². The van der Waals surface area contributed by atoms with Crippen LogP contribution in [0, 0.1) is 13.8 Å². The van der Waals surface area contributed by atoms with Crippen LogP contribution >= 0.6 is 15.9 Å². The first-order chi connectivity index (χ1) is 16.2. The SMILES string of the molecule is Cc1nn(Cc2cccc(NC(=O)c3cc4nc(C(C)(C)C)cc(C(F)(F)F)n4n3)c2)c(C)c1Br. The van der Waals surface area contributed by atoms with Gasteiger partial charge in [-0.15, -0.1) is 0 Å². The molecule has 4 rings (SSSR count). The van der Waals surface area contributed by atoms with Gasteiger partial charge in [-0.25, -0.2) is 9.50 Å². The number of carbonyl (C=O) groups excluding carboxylic acids is 1. The third-order valence-corrected chi connectivity index (χ3v) is 6.68. The Hall–Kier alpha value is -3.21. The molecule has 35 heavy (non-hydrogen) atoms. The van der Waals surface area contributed by atoms with Gasteiger partial charge in [-0.05, 0) is 53.5 Å². The number of fused-ring (bicyclic) bond motifs is 1. The molecule has 0 fully saturated rings. The molecule has 1 N–H and O–H groups in total. The zero-order valence-electron chi connectivity index (χ0n) is 19.8. The predicted octanol–water partition coefficient (Wildman–Crippen LogP) is 5.92. The third-order valence-electron chi connectivity index (χ3n) is 5.53. The minimum atomic E-state index is -4.66. The molecule has 1 amide bonds. The number of halogens is 4. The van der Waals surface area contributed by atoms with Crippen molar-refractivity contribution < 1.29 is 18.0 Å². The van der Waals surface area contributed by atoms with E-state index in [-0.39, 0.29) is 17.0 Å². The number of aromatic nitrogens is 5. The molecule has 3 heterocycles. The van der Waals surface area contributed by atoms with E-state index in [1.165, 1.54) is 6.07 Å². The second kappa shape index (κ2) is 8.78. The van der Waals surface area contributed by atoms with E-state index < -0.39 is 23.2 Å². The van der Waals surface area contributed by atoms with Crippen LogP contribution in [0.2, 0.25) is 0 Å². The van der Waals surface area contributed by atoms with Crippen LogP contribution in [0.25, 0.3) is 5.65 Å².